The lowest BCUT2D eigenvalue weighted by atomic mass is 10.1. The Labute approximate surface area is 89.3 Å². The van der Waals surface area contributed by atoms with Crippen molar-refractivity contribution in [3.63, 3.8) is 0 Å². The number of aliphatic hydroxyl groups is 1. The van der Waals surface area contributed by atoms with E-state index >= 15 is 0 Å². The molecule has 1 amide bonds. The van der Waals surface area contributed by atoms with Gasteiger partial charge in [-0.1, -0.05) is 25.1 Å². The summed E-state index contributed by atoms with van der Waals surface area (Å²) in [7, 11) is 0. The number of hydrogen-bond donors (Lipinski definition) is 1. The second kappa shape index (κ2) is 4.03. The summed E-state index contributed by atoms with van der Waals surface area (Å²) in [6.45, 7) is 2.74. The van der Waals surface area contributed by atoms with Gasteiger partial charge in [0.1, 0.15) is 0 Å². The lowest BCUT2D eigenvalue weighted by molar-refractivity contribution is 0.0655. The van der Waals surface area contributed by atoms with Gasteiger partial charge in [0.15, 0.2) is 0 Å². The topological polar surface area (TPSA) is 40.5 Å². The molecule has 0 aromatic heterocycles. The van der Waals surface area contributed by atoms with Crippen LogP contribution < -0.4 is 0 Å². The molecule has 1 heterocycles. The van der Waals surface area contributed by atoms with Crippen LogP contribution in [0.2, 0.25) is 0 Å². The molecule has 80 valence electrons. The van der Waals surface area contributed by atoms with Gasteiger partial charge < -0.3 is 10.0 Å². The molecule has 15 heavy (non-hydrogen) atoms. The molecule has 1 unspecified atom stereocenters. The van der Waals surface area contributed by atoms with Gasteiger partial charge in [-0.3, -0.25) is 4.79 Å². The maximum atomic E-state index is 12.0. The zero-order valence-corrected chi connectivity index (χ0v) is 8.81. The number of carbonyl (C=O) groups is 1. The summed E-state index contributed by atoms with van der Waals surface area (Å²) in [5, 5.41) is 9.33. The fourth-order valence-electron chi connectivity index (χ4n) is 2.14. The molecule has 0 bridgehead atoms. The summed E-state index contributed by atoms with van der Waals surface area (Å²) in [6.07, 6.45) is 0.913. The molecule has 0 spiro atoms. The van der Waals surface area contributed by atoms with Gasteiger partial charge in [-0.05, 0) is 18.1 Å². The number of rotatable bonds is 3. The van der Waals surface area contributed by atoms with Gasteiger partial charge in [-0.2, -0.15) is 0 Å². The van der Waals surface area contributed by atoms with E-state index < -0.39 is 0 Å². The van der Waals surface area contributed by atoms with Crippen LogP contribution in [0.25, 0.3) is 0 Å². The number of nitrogens with zero attached hydrogens (tertiary/aromatic N) is 1. The average Bonchev–Trinajstić information content (AvgIpc) is 2.54. The molecule has 3 nitrogen and oxygen atoms in total. The Morgan fingerprint density at radius 3 is 2.80 bits per heavy atom. The second-order valence-electron chi connectivity index (χ2n) is 3.78. The van der Waals surface area contributed by atoms with Crippen LogP contribution in [0.1, 0.15) is 35.3 Å². The Hall–Kier alpha value is -1.35. The molecule has 3 heteroatoms. The van der Waals surface area contributed by atoms with E-state index in [0.29, 0.717) is 6.54 Å². The van der Waals surface area contributed by atoms with Crippen LogP contribution in [0.15, 0.2) is 24.3 Å². The van der Waals surface area contributed by atoms with E-state index in [9.17, 15) is 9.90 Å². The van der Waals surface area contributed by atoms with Gasteiger partial charge in [0, 0.05) is 12.1 Å². The van der Waals surface area contributed by atoms with Crippen LogP contribution in [-0.2, 0) is 0 Å². The number of fused-ring (bicyclic) bond motifs is 1. The summed E-state index contributed by atoms with van der Waals surface area (Å²) < 4.78 is 0. The van der Waals surface area contributed by atoms with Gasteiger partial charge in [0.05, 0.1) is 12.6 Å². The Balaban J connectivity index is 2.39. The molecule has 1 atom stereocenters. The largest absolute Gasteiger partial charge is 0.394 e. The van der Waals surface area contributed by atoms with E-state index in [1.54, 1.807) is 4.90 Å². The summed E-state index contributed by atoms with van der Waals surface area (Å²) in [5.74, 6) is 0.0477. The molecule has 0 radical (unpaired) electrons. The van der Waals surface area contributed by atoms with E-state index in [4.69, 9.17) is 0 Å². The summed E-state index contributed by atoms with van der Waals surface area (Å²) in [4.78, 5) is 13.7. The van der Waals surface area contributed by atoms with Crippen molar-refractivity contribution in [1.82, 2.24) is 4.90 Å². The van der Waals surface area contributed by atoms with Crippen molar-refractivity contribution in [2.45, 2.75) is 19.4 Å². The van der Waals surface area contributed by atoms with Crippen LogP contribution in [0.5, 0.6) is 0 Å². The minimum Gasteiger partial charge on any atom is -0.394 e. The third-order valence-corrected chi connectivity index (χ3v) is 2.82. The van der Waals surface area contributed by atoms with Gasteiger partial charge in [0.2, 0.25) is 0 Å². The SMILES string of the molecule is CCCN1C(=O)c2ccccc2C1CO. The third kappa shape index (κ3) is 1.53. The van der Waals surface area contributed by atoms with Gasteiger partial charge in [-0.25, -0.2) is 0 Å². The highest BCUT2D eigenvalue weighted by molar-refractivity contribution is 5.99. The Morgan fingerprint density at radius 2 is 2.13 bits per heavy atom. The molecule has 1 aliphatic rings. The number of benzene rings is 1. The predicted molar refractivity (Wildman–Crippen MR) is 57.6 cm³/mol. The number of carbonyl (C=O) groups excluding carboxylic acids is 1. The quantitative estimate of drug-likeness (QED) is 0.814. The van der Waals surface area contributed by atoms with Gasteiger partial charge in [0.25, 0.3) is 5.91 Å². The van der Waals surface area contributed by atoms with E-state index in [-0.39, 0.29) is 18.6 Å². The highest BCUT2D eigenvalue weighted by Crippen LogP contribution is 2.32. The highest BCUT2D eigenvalue weighted by atomic mass is 16.3. The minimum absolute atomic E-state index is 0.00273. The van der Waals surface area contributed by atoms with Crippen molar-refractivity contribution in [3.05, 3.63) is 35.4 Å². The van der Waals surface area contributed by atoms with E-state index in [2.05, 4.69) is 0 Å². The zero-order chi connectivity index (χ0) is 10.8. The van der Waals surface area contributed by atoms with Gasteiger partial charge >= 0.3 is 0 Å². The molecular formula is C12H15NO2. The third-order valence-electron chi connectivity index (χ3n) is 2.82. The lowest BCUT2D eigenvalue weighted by Gasteiger charge is -2.22. The summed E-state index contributed by atoms with van der Waals surface area (Å²) in [5.41, 5.74) is 1.70. The summed E-state index contributed by atoms with van der Waals surface area (Å²) in [6, 6.07) is 7.37. The molecule has 2 rings (SSSR count). The molecule has 1 aromatic rings. The zero-order valence-electron chi connectivity index (χ0n) is 8.81. The fourth-order valence-corrected chi connectivity index (χ4v) is 2.14. The Kier molecular flexibility index (Phi) is 2.73. The van der Waals surface area contributed by atoms with Crippen molar-refractivity contribution in [2.24, 2.45) is 0 Å². The molecule has 0 aliphatic carbocycles. The van der Waals surface area contributed by atoms with Crippen molar-refractivity contribution >= 4 is 5.91 Å². The first-order valence-corrected chi connectivity index (χ1v) is 5.30. The van der Waals surface area contributed by atoms with Crippen molar-refractivity contribution in [1.29, 1.82) is 0 Å². The van der Waals surface area contributed by atoms with Crippen LogP contribution in [0.3, 0.4) is 0 Å². The van der Waals surface area contributed by atoms with Crippen LogP contribution in [-0.4, -0.2) is 29.1 Å². The highest BCUT2D eigenvalue weighted by Gasteiger charge is 2.34. The van der Waals surface area contributed by atoms with E-state index in [0.717, 1.165) is 17.5 Å². The lowest BCUT2D eigenvalue weighted by Crippen LogP contribution is -2.30. The molecule has 0 saturated heterocycles. The van der Waals surface area contributed by atoms with Gasteiger partial charge in [-0.15, -0.1) is 0 Å². The number of hydrogen-bond acceptors (Lipinski definition) is 2. The van der Waals surface area contributed by atoms with Crippen LogP contribution >= 0.6 is 0 Å². The molecule has 0 saturated carbocycles. The van der Waals surface area contributed by atoms with E-state index in [1.165, 1.54) is 0 Å². The Bertz CT molecular complexity index is 376. The van der Waals surface area contributed by atoms with Crippen molar-refractivity contribution < 1.29 is 9.90 Å². The fraction of sp³-hybridized carbons (Fsp3) is 0.417. The standard InChI is InChI=1S/C12H15NO2/c1-2-7-13-11(8-14)9-5-3-4-6-10(9)12(13)15/h3-6,11,14H,2,7-8H2,1H3. The van der Waals surface area contributed by atoms with Crippen molar-refractivity contribution in [2.75, 3.05) is 13.2 Å². The van der Waals surface area contributed by atoms with Crippen molar-refractivity contribution in [3.8, 4) is 0 Å². The number of aliphatic hydroxyl groups excluding tert-OH is 1. The minimum atomic E-state index is -0.145. The molecule has 0 fully saturated rings. The monoisotopic (exact) mass is 205 g/mol. The first-order chi connectivity index (χ1) is 7.29. The molecule has 1 N–H and O–H groups in total. The first-order valence-electron chi connectivity index (χ1n) is 5.30. The molecule has 1 aliphatic heterocycles. The second-order valence-corrected chi connectivity index (χ2v) is 3.78. The predicted octanol–water partition coefficient (Wildman–Crippen LogP) is 1.59. The number of amides is 1. The normalized spacial score (nSPS) is 19.5. The Morgan fingerprint density at radius 1 is 1.40 bits per heavy atom. The average molecular weight is 205 g/mol. The van der Waals surface area contributed by atoms with Crippen LogP contribution in [0, 0.1) is 0 Å². The first kappa shape index (κ1) is 10.2. The van der Waals surface area contributed by atoms with E-state index in [1.807, 2.05) is 31.2 Å². The maximum Gasteiger partial charge on any atom is 0.254 e. The van der Waals surface area contributed by atoms with Crippen LogP contribution in [0.4, 0.5) is 0 Å². The molecule has 1 aromatic carbocycles. The summed E-state index contributed by atoms with van der Waals surface area (Å²) >= 11 is 0. The molecular weight excluding hydrogens is 190 g/mol. The maximum absolute atomic E-state index is 12.0. The smallest absolute Gasteiger partial charge is 0.254 e.